The van der Waals surface area contributed by atoms with Crippen LogP contribution in [0.1, 0.15) is 22.5 Å². The number of nitrogens with one attached hydrogen (secondary N) is 1. The fourth-order valence-electron chi connectivity index (χ4n) is 2.70. The van der Waals surface area contributed by atoms with Crippen molar-refractivity contribution in [2.24, 2.45) is 5.10 Å². The van der Waals surface area contributed by atoms with Crippen molar-refractivity contribution in [3.8, 4) is 0 Å². The Kier molecular flexibility index (Phi) is 5.52. The fourth-order valence-corrected chi connectivity index (χ4v) is 2.90. The molecule has 0 amide bonds. The molecular formula is C19H18ClN5O2. The highest BCUT2D eigenvalue weighted by atomic mass is 35.5. The Balaban J connectivity index is 1.77. The third kappa shape index (κ3) is 4.32. The summed E-state index contributed by atoms with van der Waals surface area (Å²) in [5.74, 6) is 0. The molecule has 2 aromatic carbocycles. The van der Waals surface area contributed by atoms with Crippen LogP contribution in [0.4, 0.5) is 11.4 Å². The molecule has 0 spiro atoms. The molecule has 0 radical (unpaired) electrons. The Hall–Kier alpha value is -3.19. The Bertz CT molecular complexity index is 1010. The highest BCUT2D eigenvalue weighted by molar-refractivity contribution is 6.31. The maximum atomic E-state index is 10.8. The summed E-state index contributed by atoms with van der Waals surface area (Å²) in [7, 11) is 0. The summed E-state index contributed by atoms with van der Waals surface area (Å²) in [4.78, 5) is 10.4. The number of nitrogens with zero attached hydrogens (tertiary/aromatic N) is 4. The van der Waals surface area contributed by atoms with Crippen LogP contribution in [0.25, 0.3) is 0 Å². The molecule has 8 heteroatoms. The first-order chi connectivity index (χ1) is 13.0. The highest BCUT2D eigenvalue weighted by Gasteiger charge is 2.11. The average Bonchev–Trinajstić information content (AvgIpc) is 2.91. The second kappa shape index (κ2) is 8.01. The molecular weight excluding hydrogens is 366 g/mol. The van der Waals surface area contributed by atoms with E-state index in [2.05, 4.69) is 15.6 Å². The van der Waals surface area contributed by atoms with E-state index < -0.39 is 4.92 Å². The zero-order valence-electron chi connectivity index (χ0n) is 14.9. The minimum absolute atomic E-state index is 0.00937. The SMILES string of the molecule is Cc1nn(Cc2ccccc2Cl)c(C)c1/C=N\Nc1cccc([N+](=O)[O-])c1. The average molecular weight is 384 g/mol. The molecule has 0 fully saturated rings. The second-order valence-corrected chi connectivity index (χ2v) is 6.42. The molecule has 138 valence electrons. The third-order valence-corrected chi connectivity index (χ3v) is 4.53. The second-order valence-electron chi connectivity index (χ2n) is 6.01. The van der Waals surface area contributed by atoms with Crippen LogP contribution in [-0.2, 0) is 6.54 Å². The Morgan fingerprint density at radius 2 is 2.04 bits per heavy atom. The first kappa shape index (κ1) is 18.6. The summed E-state index contributed by atoms with van der Waals surface area (Å²) >= 11 is 6.23. The van der Waals surface area contributed by atoms with Gasteiger partial charge in [-0.1, -0.05) is 35.9 Å². The Morgan fingerprint density at radius 1 is 1.26 bits per heavy atom. The van der Waals surface area contributed by atoms with E-state index in [1.54, 1.807) is 18.3 Å². The van der Waals surface area contributed by atoms with E-state index in [0.29, 0.717) is 17.3 Å². The number of anilines is 1. The van der Waals surface area contributed by atoms with Gasteiger partial charge in [0.05, 0.1) is 29.1 Å². The van der Waals surface area contributed by atoms with Crippen LogP contribution in [0.3, 0.4) is 0 Å². The topological polar surface area (TPSA) is 85.3 Å². The summed E-state index contributed by atoms with van der Waals surface area (Å²) in [6, 6.07) is 13.8. The van der Waals surface area contributed by atoms with Gasteiger partial charge < -0.3 is 0 Å². The van der Waals surface area contributed by atoms with E-state index in [9.17, 15) is 10.1 Å². The lowest BCUT2D eigenvalue weighted by molar-refractivity contribution is -0.384. The fraction of sp³-hybridized carbons (Fsp3) is 0.158. The molecule has 27 heavy (non-hydrogen) atoms. The van der Waals surface area contributed by atoms with Gasteiger partial charge in [0.2, 0.25) is 0 Å². The van der Waals surface area contributed by atoms with Gasteiger partial charge in [-0.3, -0.25) is 20.2 Å². The number of rotatable bonds is 6. The number of hydrogen-bond donors (Lipinski definition) is 1. The number of halogens is 1. The number of aromatic nitrogens is 2. The first-order valence-corrected chi connectivity index (χ1v) is 8.64. The largest absolute Gasteiger partial charge is 0.278 e. The normalized spacial score (nSPS) is 11.1. The van der Waals surface area contributed by atoms with Gasteiger partial charge in [-0.2, -0.15) is 10.2 Å². The molecule has 0 bridgehead atoms. The number of hydrogen-bond acceptors (Lipinski definition) is 5. The van der Waals surface area contributed by atoms with Crippen molar-refractivity contribution in [2.75, 3.05) is 5.43 Å². The number of nitro groups is 1. The monoisotopic (exact) mass is 383 g/mol. The summed E-state index contributed by atoms with van der Waals surface area (Å²) in [5, 5.41) is 20.3. The summed E-state index contributed by atoms with van der Waals surface area (Å²) in [5.41, 5.74) is 7.04. The van der Waals surface area contributed by atoms with Crippen molar-refractivity contribution >= 4 is 29.2 Å². The van der Waals surface area contributed by atoms with Gasteiger partial charge in [0, 0.05) is 28.4 Å². The summed E-state index contributed by atoms with van der Waals surface area (Å²) in [6.07, 6.45) is 1.67. The van der Waals surface area contributed by atoms with E-state index in [-0.39, 0.29) is 5.69 Å². The van der Waals surface area contributed by atoms with Gasteiger partial charge in [-0.25, -0.2) is 0 Å². The van der Waals surface area contributed by atoms with Crippen LogP contribution in [0.5, 0.6) is 0 Å². The Labute approximate surface area is 161 Å². The lowest BCUT2D eigenvalue weighted by Crippen LogP contribution is -2.05. The Morgan fingerprint density at radius 3 is 2.78 bits per heavy atom. The first-order valence-electron chi connectivity index (χ1n) is 8.26. The molecule has 1 heterocycles. The van der Waals surface area contributed by atoms with Gasteiger partial charge in [-0.15, -0.1) is 0 Å². The van der Waals surface area contributed by atoms with Crippen LogP contribution < -0.4 is 5.43 Å². The van der Waals surface area contributed by atoms with Crippen molar-refractivity contribution in [3.63, 3.8) is 0 Å². The van der Waals surface area contributed by atoms with Crippen LogP contribution in [0.2, 0.25) is 5.02 Å². The van der Waals surface area contributed by atoms with E-state index in [4.69, 9.17) is 11.6 Å². The van der Waals surface area contributed by atoms with Gasteiger partial charge >= 0.3 is 0 Å². The standard InChI is InChI=1S/C19H18ClN5O2/c1-13-18(11-21-22-16-7-5-8-17(10-16)25(26)27)14(2)24(23-13)12-15-6-3-4-9-19(15)20/h3-11,22H,12H2,1-2H3/b21-11-. The van der Waals surface area contributed by atoms with Crippen LogP contribution in [0.15, 0.2) is 53.6 Å². The van der Waals surface area contributed by atoms with E-state index in [0.717, 1.165) is 22.5 Å². The van der Waals surface area contributed by atoms with Crippen LogP contribution in [-0.4, -0.2) is 20.9 Å². The summed E-state index contributed by atoms with van der Waals surface area (Å²) in [6.45, 7) is 4.44. The van der Waals surface area contributed by atoms with E-state index in [1.807, 2.05) is 42.8 Å². The zero-order valence-corrected chi connectivity index (χ0v) is 15.6. The van der Waals surface area contributed by atoms with Crippen molar-refractivity contribution in [1.29, 1.82) is 0 Å². The molecule has 1 aromatic heterocycles. The lowest BCUT2D eigenvalue weighted by Gasteiger charge is -2.06. The van der Waals surface area contributed by atoms with Crippen molar-refractivity contribution in [2.45, 2.75) is 20.4 Å². The van der Waals surface area contributed by atoms with Gasteiger partial charge in [0.15, 0.2) is 0 Å². The maximum absolute atomic E-state index is 10.8. The smallest absolute Gasteiger partial charge is 0.271 e. The van der Waals surface area contributed by atoms with E-state index >= 15 is 0 Å². The molecule has 0 saturated heterocycles. The number of non-ortho nitro benzene ring substituents is 1. The van der Waals surface area contributed by atoms with Crippen LogP contribution in [0, 0.1) is 24.0 Å². The minimum atomic E-state index is -0.443. The predicted octanol–water partition coefficient (Wildman–Crippen LogP) is 4.56. The molecule has 3 aromatic rings. The molecule has 3 rings (SSSR count). The number of hydrazone groups is 1. The predicted molar refractivity (Wildman–Crippen MR) is 107 cm³/mol. The number of nitro benzene ring substituents is 1. The maximum Gasteiger partial charge on any atom is 0.271 e. The molecule has 0 atom stereocenters. The van der Waals surface area contributed by atoms with Crippen molar-refractivity contribution < 1.29 is 4.92 Å². The van der Waals surface area contributed by atoms with Gasteiger partial charge in [0.1, 0.15) is 0 Å². The number of aryl methyl sites for hydroxylation is 1. The molecule has 7 nitrogen and oxygen atoms in total. The zero-order chi connectivity index (χ0) is 19.4. The van der Waals surface area contributed by atoms with Crippen molar-refractivity contribution in [3.05, 3.63) is 86.2 Å². The summed E-state index contributed by atoms with van der Waals surface area (Å²) < 4.78 is 1.88. The molecule has 0 aliphatic heterocycles. The van der Waals surface area contributed by atoms with Gasteiger partial charge in [0.25, 0.3) is 5.69 Å². The lowest BCUT2D eigenvalue weighted by atomic mass is 10.2. The molecule has 0 unspecified atom stereocenters. The highest BCUT2D eigenvalue weighted by Crippen LogP contribution is 2.19. The molecule has 0 saturated carbocycles. The molecule has 1 N–H and O–H groups in total. The molecule has 0 aliphatic carbocycles. The minimum Gasteiger partial charge on any atom is -0.278 e. The van der Waals surface area contributed by atoms with Crippen molar-refractivity contribution in [1.82, 2.24) is 9.78 Å². The van der Waals surface area contributed by atoms with Gasteiger partial charge in [-0.05, 0) is 31.5 Å². The van der Waals surface area contributed by atoms with Crippen LogP contribution >= 0.6 is 11.6 Å². The third-order valence-electron chi connectivity index (χ3n) is 4.16. The molecule has 0 aliphatic rings. The quantitative estimate of drug-likeness (QED) is 0.384. The number of benzene rings is 2. The van der Waals surface area contributed by atoms with E-state index in [1.165, 1.54) is 12.1 Å².